The molecular weight excluding hydrogens is 394 g/mol. The van der Waals surface area contributed by atoms with E-state index in [1.807, 2.05) is 56.3 Å². The molecule has 7 nitrogen and oxygen atoms in total. The van der Waals surface area contributed by atoms with E-state index in [0.29, 0.717) is 19.4 Å². The number of ether oxygens (including phenoxy) is 1. The molecule has 0 fully saturated rings. The Hall–Kier alpha value is -3.22. The number of carbonyl (C=O) groups excluding carboxylic acids is 3. The number of nitrogens with zero attached hydrogens (tertiary/aromatic N) is 1. The summed E-state index contributed by atoms with van der Waals surface area (Å²) in [6.07, 6.45) is 4.12. The van der Waals surface area contributed by atoms with Crippen LogP contribution in [-0.2, 0) is 32.1 Å². The lowest BCUT2D eigenvalue weighted by atomic mass is 9.92. The molecule has 0 spiro atoms. The average molecular weight is 426 g/mol. The zero-order valence-corrected chi connectivity index (χ0v) is 18.3. The summed E-state index contributed by atoms with van der Waals surface area (Å²) in [5, 5.41) is 5.75. The van der Waals surface area contributed by atoms with Gasteiger partial charge in [-0.3, -0.25) is 19.4 Å². The highest BCUT2D eigenvalue weighted by atomic mass is 16.5. The van der Waals surface area contributed by atoms with Gasteiger partial charge < -0.3 is 15.4 Å². The van der Waals surface area contributed by atoms with Crippen LogP contribution in [0.3, 0.4) is 0 Å². The molecule has 2 atom stereocenters. The Morgan fingerprint density at radius 2 is 1.65 bits per heavy atom. The zero-order valence-electron chi connectivity index (χ0n) is 18.3. The molecule has 1 aromatic heterocycles. The van der Waals surface area contributed by atoms with Crippen molar-refractivity contribution >= 4 is 17.8 Å². The van der Waals surface area contributed by atoms with E-state index in [1.54, 1.807) is 12.4 Å². The van der Waals surface area contributed by atoms with Crippen molar-refractivity contribution in [2.24, 2.45) is 11.8 Å². The lowest BCUT2D eigenvalue weighted by Crippen LogP contribution is -2.49. The van der Waals surface area contributed by atoms with Crippen molar-refractivity contribution in [2.45, 2.75) is 45.7 Å². The van der Waals surface area contributed by atoms with Crippen molar-refractivity contribution in [3.05, 3.63) is 66.0 Å². The number of nitrogens with one attached hydrogen (secondary N) is 2. The second-order valence-corrected chi connectivity index (χ2v) is 7.93. The molecule has 0 unspecified atom stereocenters. The van der Waals surface area contributed by atoms with Crippen LogP contribution < -0.4 is 10.6 Å². The maximum absolute atomic E-state index is 13.0. The van der Waals surface area contributed by atoms with Gasteiger partial charge in [-0.2, -0.15) is 0 Å². The number of rotatable bonds is 11. The topological polar surface area (TPSA) is 97.4 Å². The van der Waals surface area contributed by atoms with Crippen LogP contribution >= 0.6 is 0 Å². The molecule has 0 saturated carbocycles. The van der Waals surface area contributed by atoms with Gasteiger partial charge in [-0.25, -0.2) is 0 Å². The van der Waals surface area contributed by atoms with Gasteiger partial charge in [0.05, 0.1) is 13.5 Å². The van der Waals surface area contributed by atoms with E-state index in [9.17, 15) is 14.4 Å². The quantitative estimate of drug-likeness (QED) is 0.540. The van der Waals surface area contributed by atoms with E-state index in [0.717, 1.165) is 11.1 Å². The van der Waals surface area contributed by atoms with Gasteiger partial charge in [0.1, 0.15) is 6.04 Å². The first-order valence-corrected chi connectivity index (χ1v) is 10.5. The number of methoxy groups -OCH3 is 1. The number of amides is 2. The standard InChI is InChI=1S/C24H31N3O4/c1-17(2)13-20(15-22(28)31-3)23(29)27-21(14-18-9-11-25-12-10-18)24(30)26-16-19-7-5-4-6-8-19/h4-12,17,20-21H,13-16H2,1-3H3,(H,26,30)(H,27,29)/t20-,21+/m1/s1. The minimum atomic E-state index is -0.772. The molecule has 2 rings (SSSR count). The maximum Gasteiger partial charge on any atom is 0.306 e. The average Bonchev–Trinajstić information content (AvgIpc) is 2.77. The van der Waals surface area contributed by atoms with Crippen LogP contribution in [0.2, 0.25) is 0 Å². The highest BCUT2D eigenvalue weighted by Gasteiger charge is 2.28. The molecule has 2 aromatic rings. The molecule has 0 radical (unpaired) electrons. The molecule has 0 saturated heterocycles. The summed E-state index contributed by atoms with van der Waals surface area (Å²) in [6.45, 7) is 4.33. The minimum absolute atomic E-state index is 0.0197. The molecular formula is C24H31N3O4. The molecule has 31 heavy (non-hydrogen) atoms. The summed E-state index contributed by atoms with van der Waals surface area (Å²) >= 11 is 0. The van der Waals surface area contributed by atoms with Crippen molar-refractivity contribution in [2.75, 3.05) is 7.11 Å². The van der Waals surface area contributed by atoms with Gasteiger partial charge >= 0.3 is 5.97 Å². The Bertz CT molecular complexity index is 840. The number of benzene rings is 1. The molecule has 7 heteroatoms. The van der Waals surface area contributed by atoms with Crippen molar-refractivity contribution < 1.29 is 19.1 Å². The third-order valence-corrected chi connectivity index (χ3v) is 4.90. The van der Waals surface area contributed by atoms with Crippen molar-refractivity contribution in [3.8, 4) is 0 Å². The Kier molecular flexibility index (Phi) is 9.68. The SMILES string of the molecule is COC(=O)C[C@@H](CC(C)C)C(=O)N[C@@H](Cc1ccncc1)C(=O)NCc1ccccc1. The molecule has 166 valence electrons. The smallest absolute Gasteiger partial charge is 0.306 e. The van der Waals surface area contributed by atoms with Crippen LogP contribution in [0.5, 0.6) is 0 Å². The highest BCUT2D eigenvalue weighted by molar-refractivity contribution is 5.90. The number of aromatic nitrogens is 1. The molecule has 2 N–H and O–H groups in total. The van der Waals surface area contributed by atoms with Gasteiger partial charge in [0.15, 0.2) is 0 Å². The van der Waals surface area contributed by atoms with E-state index in [1.165, 1.54) is 7.11 Å². The third kappa shape index (κ3) is 8.58. The molecule has 1 heterocycles. The van der Waals surface area contributed by atoms with Crippen molar-refractivity contribution in [1.29, 1.82) is 0 Å². The second kappa shape index (κ2) is 12.5. The summed E-state index contributed by atoms with van der Waals surface area (Å²) in [5.74, 6) is -1.40. The second-order valence-electron chi connectivity index (χ2n) is 7.93. The predicted molar refractivity (Wildman–Crippen MR) is 118 cm³/mol. The fourth-order valence-corrected chi connectivity index (χ4v) is 3.30. The molecule has 2 amide bonds. The molecule has 1 aromatic carbocycles. The minimum Gasteiger partial charge on any atom is -0.469 e. The largest absolute Gasteiger partial charge is 0.469 e. The summed E-state index contributed by atoms with van der Waals surface area (Å²) in [5.41, 5.74) is 1.84. The van der Waals surface area contributed by atoms with Gasteiger partial charge in [0.25, 0.3) is 0 Å². The lowest BCUT2D eigenvalue weighted by Gasteiger charge is -2.23. The number of hydrogen-bond acceptors (Lipinski definition) is 5. The van der Waals surface area contributed by atoms with Crippen LogP contribution in [0.25, 0.3) is 0 Å². The first-order valence-electron chi connectivity index (χ1n) is 10.5. The van der Waals surface area contributed by atoms with E-state index < -0.39 is 17.9 Å². The van der Waals surface area contributed by atoms with Crippen LogP contribution in [0, 0.1) is 11.8 Å². The first-order chi connectivity index (χ1) is 14.9. The van der Waals surface area contributed by atoms with Crippen LogP contribution in [0.1, 0.15) is 37.8 Å². The number of esters is 1. The van der Waals surface area contributed by atoms with Gasteiger partial charge in [0.2, 0.25) is 11.8 Å². The zero-order chi connectivity index (χ0) is 22.6. The summed E-state index contributed by atoms with van der Waals surface area (Å²) in [4.78, 5) is 41.7. The third-order valence-electron chi connectivity index (χ3n) is 4.90. The van der Waals surface area contributed by atoms with Gasteiger partial charge in [-0.15, -0.1) is 0 Å². The van der Waals surface area contributed by atoms with E-state index in [-0.39, 0.29) is 24.2 Å². The van der Waals surface area contributed by atoms with Crippen LogP contribution in [0.4, 0.5) is 0 Å². The molecule has 0 aliphatic rings. The van der Waals surface area contributed by atoms with Gasteiger partial charge in [0, 0.05) is 31.3 Å². The van der Waals surface area contributed by atoms with Crippen LogP contribution in [0.15, 0.2) is 54.9 Å². The van der Waals surface area contributed by atoms with E-state index in [2.05, 4.69) is 15.6 Å². The molecule has 0 aliphatic carbocycles. The first kappa shape index (κ1) is 24.1. The van der Waals surface area contributed by atoms with E-state index in [4.69, 9.17) is 4.74 Å². The van der Waals surface area contributed by atoms with Gasteiger partial charge in [-0.1, -0.05) is 44.2 Å². The van der Waals surface area contributed by atoms with Crippen molar-refractivity contribution in [3.63, 3.8) is 0 Å². The number of pyridine rings is 1. The summed E-state index contributed by atoms with van der Waals surface area (Å²) < 4.78 is 4.74. The summed E-state index contributed by atoms with van der Waals surface area (Å²) in [7, 11) is 1.30. The molecule has 0 aliphatic heterocycles. The van der Waals surface area contributed by atoms with Crippen LogP contribution in [-0.4, -0.2) is 35.9 Å². The van der Waals surface area contributed by atoms with Gasteiger partial charge in [-0.05, 0) is 35.6 Å². The number of hydrogen-bond donors (Lipinski definition) is 2. The molecule has 0 bridgehead atoms. The fraction of sp³-hybridized carbons (Fsp3) is 0.417. The summed E-state index contributed by atoms with van der Waals surface area (Å²) in [6, 6.07) is 12.4. The maximum atomic E-state index is 13.0. The Morgan fingerprint density at radius 3 is 2.26 bits per heavy atom. The normalized spacial score (nSPS) is 12.6. The number of carbonyl (C=O) groups is 3. The highest BCUT2D eigenvalue weighted by Crippen LogP contribution is 2.17. The van der Waals surface area contributed by atoms with E-state index >= 15 is 0 Å². The Labute approximate surface area is 183 Å². The predicted octanol–water partition coefficient (Wildman–Crippen LogP) is 2.65. The monoisotopic (exact) mass is 425 g/mol. The Morgan fingerprint density at radius 1 is 0.968 bits per heavy atom. The van der Waals surface area contributed by atoms with Crippen molar-refractivity contribution in [1.82, 2.24) is 15.6 Å². The lowest BCUT2D eigenvalue weighted by molar-refractivity contribution is -0.144. The fourth-order valence-electron chi connectivity index (χ4n) is 3.30. The Balaban J connectivity index is 2.12.